The molecule has 2 nitrogen and oxygen atoms in total. The quantitative estimate of drug-likeness (QED) is 0.570. The van der Waals surface area contributed by atoms with Crippen LogP contribution < -0.4 is 5.32 Å². The Balaban J connectivity index is 2.09. The van der Waals surface area contributed by atoms with Crippen molar-refractivity contribution in [2.45, 2.75) is 19.6 Å². The minimum atomic E-state index is 0.199. The van der Waals surface area contributed by atoms with Gasteiger partial charge in [-0.15, -0.1) is 17.8 Å². The van der Waals surface area contributed by atoms with Gasteiger partial charge in [-0.05, 0) is 18.4 Å². The Kier molecular flexibility index (Phi) is 5.31. The first-order valence-electron chi connectivity index (χ1n) is 4.61. The summed E-state index contributed by atoms with van der Waals surface area (Å²) >= 11 is 1.72. The van der Waals surface area contributed by atoms with E-state index in [-0.39, 0.29) is 6.10 Å². The molecule has 0 aliphatic carbocycles. The smallest absolute Gasteiger partial charge is 0.0813 e. The summed E-state index contributed by atoms with van der Waals surface area (Å²) in [6, 6.07) is 4.11. The molecule has 1 atom stereocenters. The zero-order chi connectivity index (χ0) is 10.2. The lowest BCUT2D eigenvalue weighted by Gasteiger charge is -2.11. The van der Waals surface area contributed by atoms with Crippen molar-refractivity contribution in [1.82, 2.24) is 5.32 Å². The predicted molar refractivity (Wildman–Crippen MR) is 60.3 cm³/mol. The molecule has 0 aliphatic heterocycles. The van der Waals surface area contributed by atoms with E-state index >= 15 is 0 Å². The molecule has 0 aliphatic rings. The van der Waals surface area contributed by atoms with Crippen LogP contribution in [0, 0.1) is 12.3 Å². The van der Waals surface area contributed by atoms with Crippen molar-refractivity contribution in [3.05, 3.63) is 22.4 Å². The fraction of sp³-hybridized carbons (Fsp3) is 0.455. The van der Waals surface area contributed by atoms with Gasteiger partial charge in [0.2, 0.25) is 0 Å². The molecular weight excluding hydrogens is 194 g/mol. The summed E-state index contributed by atoms with van der Waals surface area (Å²) < 4.78 is 5.61. The van der Waals surface area contributed by atoms with Gasteiger partial charge >= 0.3 is 0 Å². The average Bonchev–Trinajstić information content (AvgIpc) is 2.68. The number of thiophene rings is 1. The van der Waals surface area contributed by atoms with Gasteiger partial charge in [0.05, 0.1) is 19.3 Å². The molecule has 0 saturated heterocycles. The SMILES string of the molecule is C#CCNCC(C)OCc1cccs1. The Morgan fingerprint density at radius 3 is 3.21 bits per heavy atom. The summed E-state index contributed by atoms with van der Waals surface area (Å²) in [5, 5.41) is 5.16. The van der Waals surface area contributed by atoms with Crippen molar-refractivity contribution in [2.24, 2.45) is 0 Å². The molecule has 1 N–H and O–H groups in total. The zero-order valence-electron chi connectivity index (χ0n) is 8.32. The highest BCUT2D eigenvalue weighted by Gasteiger charge is 2.01. The average molecular weight is 209 g/mol. The van der Waals surface area contributed by atoms with E-state index in [0.717, 1.165) is 6.54 Å². The lowest BCUT2D eigenvalue weighted by atomic mass is 10.4. The zero-order valence-corrected chi connectivity index (χ0v) is 9.14. The van der Waals surface area contributed by atoms with Gasteiger partial charge in [-0.25, -0.2) is 0 Å². The van der Waals surface area contributed by atoms with Crippen LogP contribution in [0.2, 0.25) is 0 Å². The maximum atomic E-state index is 5.61. The van der Waals surface area contributed by atoms with Crippen molar-refractivity contribution >= 4 is 11.3 Å². The number of nitrogens with one attached hydrogen (secondary N) is 1. The Bertz CT molecular complexity index is 276. The number of hydrogen-bond acceptors (Lipinski definition) is 3. The maximum Gasteiger partial charge on any atom is 0.0813 e. The van der Waals surface area contributed by atoms with Crippen molar-refractivity contribution < 1.29 is 4.74 Å². The molecule has 14 heavy (non-hydrogen) atoms. The fourth-order valence-corrected chi connectivity index (χ4v) is 1.65. The third-order valence-electron chi connectivity index (χ3n) is 1.75. The topological polar surface area (TPSA) is 21.3 Å². The predicted octanol–water partition coefficient (Wildman–Crippen LogP) is 1.88. The molecule has 0 saturated carbocycles. The summed E-state index contributed by atoms with van der Waals surface area (Å²) in [6.07, 6.45) is 5.31. The van der Waals surface area contributed by atoms with Crippen LogP contribution in [0.25, 0.3) is 0 Å². The molecule has 1 rings (SSSR count). The minimum Gasteiger partial charge on any atom is -0.372 e. The molecule has 1 aromatic rings. The largest absolute Gasteiger partial charge is 0.372 e. The van der Waals surface area contributed by atoms with Crippen LogP contribution in [0.5, 0.6) is 0 Å². The van der Waals surface area contributed by atoms with E-state index in [1.54, 1.807) is 11.3 Å². The summed E-state index contributed by atoms with van der Waals surface area (Å²) in [6.45, 7) is 4.13. The van der Waals surface area contributed by atoms with E-state index in [9.17, 15) is 0 Å². The van der Waals surface area contributed by atoms with E-state index in [2.05, 4.69) is 22.7 Å². The first-order valence-corrected chi connectivity index (χ1v) is 5.49. The van der Waals surface area contributed by atoms with Crippen LogP contribution in [0.3, 0.4) is 0 Å². The lowest BCUT2D eigenvalue weighted by Crippen LogP contribution is -2.26. The van der Waals surface area contributed by atoms with Gasteiger partial charge in [-0.1, -0.05) is 12.0 Å². The molecule has 76 valence electrons. The summed E-state index contributed by atoms with van der Waals surface area (Å²) in [7, 11) is 0. The number of ether oxygens (including phenoxy) is 1. The number of rotatable bonds is 6. The first kappa shape index (κ1) is 11.3. The monoisotopic (exact) mass is 209 g/mol. The Morgan fingerprint density at radius 2 is 2.57 bits per heavy atom. The van der Waals surface area contributed by atoms with Crippen molar-refractivity contribution in [3.8, 4) is 12.3 Å². The molecule has 0 spiro atoms. The third kappa shape index (κ3) is 4.43. The summed E-state index contributed by atoms with van der Waals surface area (Å²) in [5.41, 5.74) is 0. The van der Waals surface area contributed by atoms with Crippen molar-refractivity contribution in [2.75, 3.05) is 13.1 Å². The second-order valence-corrected chi connectivity index (χ2v) is 4.07. The van der Waals surface area contributed by atoms with E-state index in [1.165, 1.54) is 4.88 Å². The number of hydrogen-bond donors (Lipinski definition) is 1. The van der Waals surface area contributed by atoms with Gasteiger partial charge in [0.25, 0.3) is 0 Å². The molecule has 0 radical (unpaired) electrons. The number of terminal acetylenes is 1. The summed E-state index contributed by atoms with van der Waals surface area (Å²) in [5.74, 6) is 2.53. The molecule has 1 unspecified atom stereocenters. The molecular formula is C11H15NOS. The lowest BCUT2D eigenvalue weighted by molar-refractivity contribution is 0.0556. The van der Waals surface area contributed by atoms with Crippen molar-refractivity contribution in [3.63, 3.8) is 0 Å². The van der Waals surface area contributed by atoms with Crippen LogP contribution in [-0.4, -0.2) is 19.2 Å². The van der Waals surface area contributed by atoms with Crippen LogP contribution in [0.1, 0.15) is 11.8 Å². The van der Waals surface area contributed by atoms with Crippen LogP contribution >= 0.6 is 11.3 Å². The van der Waals surface area contributed by atoms with Crippen LogP contribution in [0.4, 0.5) is 0 Å². The minimum absolute atomic E-state index is 0.199. The Hall–Kier alpha value is -0.820. The van der Waals surface area contributed by atoms with Crippen LogP contribution in [0.15, 0.2) is 17.5 Å². The normalized spacial score (nSPS) is 12.3. The van der Waals surface area contributed by atoms with Gasteiger partial charge in [0.1, 0.15) is 0 Å². The molecule has 3 heteroatoms. The van der Waals surface area contributed by atoms with E-state index < -0.39 is 0 Å². The molecule has 0 aromatic carbocycles. The summed E-state index contributed by atoms with van der Waals surface area (Å²) in [4.78, 5) is 1.26. The molecule has 0 fully saturated rings. The van der Waals surface area contributed by atoms with E-state index in [4.69, 9.17) is 11.2 Å². The second-order valence-electron chi connectivity index (χ2n) is 3.04. The maximum absolute atomic E-state index is 5.61. The highest BCUT2D eigenvalue weighted by Crippen LogP contribution is 2.10. The van der Waals surface area contributed by atoms with Gasteiger partial charge in [0, 0.05) is 11.4 Å². The highest BCUT2D eigenvalue weighted by atomic mass is 32.1. The first-order chi connectivity index (χ1) is 6.83. The van der Waals surface area contributed by atoms with Gasteiger partial charge < -0.3 is 10.1 Å². The highest BCUT2D eigenvalue weighted by molar-refractivity contribution is 7.09. The fourth-order valence-electron chi connectivity index (χ4n) is 1.03. The molecule has 1 aromatic heterocycles. The van der Waals surface area contributed by atoms with Crippen LogP contribution in [-0.2, 0) is 11.3 Å². The molecule has 0 amide bonds. The van der Waals surface area contributed by atoms with Gasteiger partial charge in [0.15, 0.2) is 0 Å². The third-order valence-corrected chi connectivity index (χ3v) is 2.60. The van der Waals surface area contributed by atoms with E-state index in [1.807, 2.05) is 13.0 Å². The van der Waals surface area contributed by atoms with Gasteiger partial charge in [-0.3, -0.25) is 0 Å². The van der Waals surface area contributed by atoms with E-state index in [0.29, 0.717) is 13.2 Å². The standard InChI is InChI=1S/C11H15NOS/c1-3-6-12-8-10(2)13-9-11-5-4-7-14-11/h1,4-5,7,10,12H,6,8-9H2,2H3. The van der Waals surface area contributed by atoms with Crippen molar-refractivity contribution in [1.29, 1.82) is 0 Å². The van der Waals surface area contributed by atoms with Gasteiger partial charge in [-0.2, -0.15) is 0 Å². The Morgan fingerprint density at radius 1 is 1.71 bits per heavy atom. The molecule has 1 heterocycles. The second kappa shape index (κ2) is 6.61. The Labute approximate surface area is 89.3 Å². The molecule has 0 bridgehead atoms.